The molecule has 1 heterocycles. The van der Waals surface area contributed by atoms with E-state index in [0.29, 0.717) is 5.69 Å². The predicted octanol–water partition coefficient (Wildman–Crippen LogP) is 3.27. The van der Waals surface area contributed by atoms with Crippen molar-refractivity contribution in [2.45, 2.75) is 11.3 Å². The molecule has 0 amide bonds. The first-order valence-electron chi connectivity index (χ1n) is 7.39. The third-order valence-electron chi connectivity index (χ3n) is 3.48. The van der Waals surface area contributed by atoms with E-state index in [0.717, 1.165) is 34.1 Å². The molecule has 0 atom stereocenters. The van der Waals surface area contributed by atoms with Crippen LogP contribution in [0.5, 0.6) is 5.75 Å². The number of methoxy groups -OCH3 is 1. The highest BCUT2D eigenvalue weighted by atomic mass is 32.2. The zero-order valence-electron chi connectivity index (χ0n) is 13.1. The molecule has 124 valence electrons. The molecule has 3 N–H and O–H groups in total. The van der Waals surface area contributed by atoms with Gasteiger partial charge in [0.05, 0.1) is 18.5 Å². The maximum atomic E-state index is 13.5. The first-order valence-corrected chi connectivity index (χ1v) is 8.38. The normalized spacial score (nSPS) is 15.9. The summed E-state index contributed by atoms with van der Waals surface area (Å²) in [5.41, 5.74) is 10.9. The highest BCUT2D eigenvalue weighted by molar-refractivity contribution is 7.99. The van der Waals surface area contributed by atoms with Crippen LogP contribution in [0.3, 0.4) is 0 Å². The Hall–Kier alpha value is -2.54. The summed E-state index contributed by atoms with van der Waals surface area (Å²) < 4.78 is 18.6. The van der Waals surface area contributed by atoms with Crippen LogP contribution in [0.25, 0.3) is 0 Å². The van der Waals surface area contributed by atoms with E-state index in [2.05, 4.69) is 15.5 Å². The van der Waals surface area contributed by atoms with Crippen molar-refractivity contribution < 1.29 is 9.13 Å². The minimum absolute atomic E-state index is 0.170. The summed E-state index contributed by atoms with van der Waals surface area (Å²) in [7, 11) is 1.60. The molecule has 2 aromatic carbocycles. The van der Waals surface area contributed by atoms with Crippen LogP contribution in [0.1, 0.15) is 12.0 Å². The number of benzene rings is 2. The summed E-state index contributed by atoms with van der Waals surface area (Å²) in [6.45, 7) is 0. The van der Waals surface area contributed by atoms with Crippen molar-refractivity contribution >= 4 is 29.1 Å². The van der Waals surface area contributed by atoms with Crippen molar-refractivity contribution in [1.29, 1.82) is 0 Å². The fraction of sp³-hybridized carbons (Fsp3) is 0.176. The van der Waals surface area contributed by atoms with Gasteiger partial charge in [-0.15, -0.1) is 11.8 Å². The molecular formula is C17H17FN4OS. The zero-order valence-corrected chi connectivity index (χ0v) is 13.9. The number of hydrogen-bond donors (Lipinski definition) is 2. The van der Waals surface area contributed by atoms with Crippen molar-refractivity contribution in [2.75, 3.05) is 12.9 Å². The first-order chi connectivity index (χ1) is 11.7. The van der Waals surface area contributed by atoms with Crippen LogP contribution in [-0.4, -0.2) is 24.5 Å². The maximum absolute atomic E-state index is 13.5. The molecule has 7 heteroatoms. The summed E-state index contributed by atoms with van der Waals surface area (Å²) in [5.74, 6) is 1.54. The Labute approximate surface area is 143 Å². The fourth-order valence-corrected chi connectivity index (χ4v) is 3.32. The SMILES string of the molecule is COc1ccc(N=C(N)N/N=C2\CCSc3ccc(F)cc32)cc1. The van der Waals surface area contributed by atoms with E-state index >= 15 is 0 Å². The van der Waals surface area contributed by atoms with Crippen LogP contribution >= 0.6 is 11.8 Å². The van der Waals surface area contributed by atoms with Gasteiger partial charge in [-0.25, -0.2) is 14.8 Å². The topological polar surface area (TPSA) is 72.0 Å². The van der Waals surface area contributed by atoms with Crippen molar-refractivity contribution in [3.05, 3.63) is 53.8 Å². The minimum Gasteiger partial charge on any atom is -0.497 e. The number of thioether (sulfide) groups is 1. The molecule has 3 rings (SSSR count). The molecule has 0 radical (unpaired) electrons. The van der Waals surface area contributed by atoms with Crippen LogP contribution in [0, 0.1) is 5.82 Å². The van der Waals surface area contributed by atoms with E-state index in [-0.39, 0.29) is 11.8 Å². The lowest BCUT2D eigenvalue weighted by molar-refractivity contribution is 0.415. The van der Waals surface area contributed by atoms with E-state index in [9.17, 15) is 4.39 Å². The summed E-state index contributed by atoms with van der Waals surface area (Å²) >= 11 is 1.69. The van der Waals surface area contributed by atoms with Crippen molar-refractivity contribution in [1.82, 2.24) is 5.43 Å². The largest absolute Gasteiger partial charge is 0.497 e. The number of aliphatic imine (C=N–C) groups is 1. The van der Waals surface area contributed by atoms with Gasteiger partial charge in [0, 0.05) is 22.6 Å². The molecule has 0 saturated heterocycles. The van der Waals surface area contributed by atoms with E-state index < -0.39 is 0 Å². The zero-order chi connectivity index (χ0) is 16.9. The summed E-state index contributed by atoms with van der Waals surface area (Å²) in [4.78, 5) is 5.26. The van der Waals surface area contributed by atoms with E-state index in [4.69, 9.17) is 10.5 Å². The average molecular weight is 344 g/mol. The summed E-state index contributed by atoms with van der Waals surface area (Å²) in [6, 6.07) is 11.9. The molecule has 0 aromatic heterocycles. The van der Waals surface area contributed by atoms with Crippen LogP contribution in [0.2, 0.25) is 0 Å². The second kappa shape index (κ2) is 7.35. The number of hydrogen-bond acceptors (Lipinski definition) is 4. The van der Waals surface area contributed by atoms with Gasteiger partial charge in [-0.05, 0) is 42.5 Å². The van der Waals surface area contributed by atoms with E-state index in [1.807, 2.05) is 0 Å². The second-order valence-electron chi connectivity index (χ2n) is 5.10. The fourth-order valence-electron chi connectivity index (χ4n) is 2.31. The van der Waals surface area contributed by atoms with Gasteiger partial charge in [0.1, 0.15) is 11.6 Å². The standard InChI is InChI=1S/C17H17FN4OS/c1-23-13-5-3-12(4-6-13)20-17(19)22-21-15-8-9-24-16-7-2-11(18)10-14(15)16/h2-7,10H,8-9H2,1H3,(H3,19,20,22)/b21-15+. The quantitative estimate of drug-likeness (QED) is 0.509. The van der Waals surface area contributed by atoms with Crippen LogP contribution in [0.15, 0.2) is 57.5 Å². The number of nitrogens with two attached hydrogens (primary N) is 1. The predicted molar refractivity (Wildman–Crippen MR) is 95.7 cm³/mol. The Kier molecular flexibility index (Phi) is 5.00. The third kappa shape index (κ3) is 3.86. The van der Waals surface area contributed by atoms with Crippen LogP contribution in [0.4, 0.5) is 10.1 Å². The smallest absolute Gasteiger partial charge is 0.214 e. The number of fused-ring (bicyclic) bond motifs is 1. The monoisotopic (exact) mass is 344 g/mol. The van der Waals surface area contributed by atoms with Gasteiger partial charge < -0.3 is 10.5 Å². The van der Waals surface area contributed by atoms with Crippen LogP contribution in [-0.2, 0) is 0 Å². The van der Waals surface area contributed by atoms with Crippen molar-refractivity contribution in [3.63, 3.8) is 0 Å². The molecule has 1 aliphatic heterocycles. The molecule has 1 aliphatic rings. The molecule has 0 aliphatic carbocycles. The van der Waals surface area contributed by atoms with Gasteiger partial charge in [-0.2, -0.15) is 5.10 Å². The summed E-state index contributed by atoms with van der Waals surface area (Å²) in [6.07, 6.45) is 0.740. The molecule has 0 spiro atoms. The number of nitrogens with zero attached hydrogens (tertiary/aromatic N) is 2. The number of guanidine groups is 1. The van der Waals surface area contributed by atoms with Gasteiger partial charge in [-0.1, -0.05) is 0 Å². The number of rotatable bonds is 3. The van der Waals surface area contributed by atoms with Crippen molar-refractivity contribution in [2.24, 2.45) is 15.8 Å². The molecular weight excluding hydrogens is 327 g/mol. The third-order valence-corrected chi connectivity index (χ3v) is 4.55. The van der Waals surface area contributed by atoms with Gasteiger partial charge in [0.15, 0.2) is 0 Å². The van der Waals surface area contributed by atoms with Gasteiger partial charge in [-0.3, -0.25) is 0 Å². The Bertz CT molecular complexity index is 790. The Morgan fingerprint density at radius 3 is 2.79 bits per heavy atom. The Balaban J connectivity index is 1.75. The van der Waals surface area contributed by atoms with E-state index in [1.54, 1.807) is 49.2 Å². The molecule has 5 nitrogen and oxygen atoms in total. The van der Waals surface area contributed by atoms with E-state index in [1.165, 1.54) is 12.1 Å². The average Bonchev–Trinajstić information content (AvgIpc) is 2.60. The highest BCUT2D eigenvalue weighted by Crippen LogP contribution is 2.30. The lowest BCUT2D eigenvalue weighted by Crippen LogP contribution is -2.28. The first kappa shape index (κ1) is 16.3. The Morgan fingerprint density at radius 1 is 1.25 bits per heavy atom. The summed E-state index contributed by atoms with van der Waals surface area (Å²) in [5, 5.41) is 4.30. The number of ether oxygens (including phenoxy) is 1. The molecule has 0 unspecified atom stereocenters. The lowest BCUT2D eigenvalue weighted by atomic mass is 10.1. The van der Waals surface area contributed by atoms with Crippen molar-refractivity contribution in [3.8, 4) is 5.75 Å². The molecule has 24 heavy (non-hydrogen) atoms. The highest BCUT2D eigenvalue weighted by Gasteiger charge is 2.16. The lowest BCUT2D eigenvalue weighted by Gasteiger charge is -2.17. The molecule has 0 saturated carbocycles. The Morgan fingerprint density at radius 2 is 2.04 bits per heavy atom. The van der Waals surface area contributed by atoms with Gasteiger partial charge in [0.25, 0.3) is 0 Å². The van der Waals surface area contributed by atoms with Gasteiger partial charge in [0.2, 0.25) is 5.96 Å². The number of halogens is 1. The number of nitrogens with one attached hydrogen (secondary N) is 1. The molecule has 0 fully saturated rings. The molecule has 2 aromatic rings. The van der Waals surface area contributed by atoms with Crippen LogP contribution < -0.4 is 15.9 Å². The number of hydrazone groups is 1. The molecule has 0 bridgehead atoms. The second-order valence-corrected chi connectivity index (χ2v) is 6.24. The minimum atomic E-state index is -0.274. The van der Waals surface area contributed by atoms with Gasteiger partial charge >= 0.3 is 0 Å². The maximum Gasteiger partial charge on any atom is 0.214 e.